The van der Waals surface area contributed by atoms with Crippen LogP contribution in [-0.2, 0) is 4.79 Å². The van der Waals surface area contributed by atoms with Crippen molar-refractivity contribution in [2.24, 2.45) is 11.7 Å². The normalized spacial score (nSPS) is 21.0. The Morgan fingerprint density at radius 2 is 2.14 bits per heavy atom. The first-order valence-electron chi connectivity index (χ1n) is 7.33. The Labute approximate surface area is 124 Å². The summed E-state index contributed by atoms with van der Waals surface area (Å²) in [5, 5.41) is 0. The molecule has 5 heteroatoms. The van der Waals surface area contributed by atoms with Crippen LogP contribution in [0, 0.1) is 5.92 Å². The molecule has 2 aliphatic heterocycles. The van der Waals surface area contributed by atoms with Crippen molar-refractivity contribution in [1.29, 1.82) is 0 Å². The highest BCUT2D eigenvalue weighted by atomic mass is 16.6. The van der Waals surface area contributed by atoms with Crippen LogP contribution in [0.2, 0.25) is 0 Å². The number of fused-ring (bicyclic) bond motifs is 1. The number of nitrogens with two attached hydrogens (primary N) is 1. The van der Waals surface area contributed by atoms with Crippen LogP contribution in [0.5, 0.6) is 11.5 Å². The zero-order valence-corrected chi connectivity index (χ0v) is 12.0. The van der Waals surface area contributed by atoms with Crippen LogP contribution in [0.4, 0.5) is 0 Å². The molecule has 1 aromatic carbocycles. The van der Waals surface area contributed by atoms with E-state index in [1.165, 1.54) is 0 Å². The Kier molecular flexibility index (Phi) is 4.10. The molecular formula is C16H20N2O3. The van der Waals surface area contributed by atoms with E-state index in [-0.39, 0.29) is 5.91 Å². The van der Waals surface area contributed by atoms with Crippen molar-refractivity contribution in [1.82, 2.24) is 4.90 Å². The highest BCUT2D eigenvalue weighted by Gasteiger charge is 2.23. The molecule has 0 spiro atoms. The van der Waals surface area contributed by atoms with E-state index in [9.17, 15) is 4.79 Å². The third-order valence-corrected chi connectivity index (χ3v) is 3.92. The fourth-order valence-electron chi connectivity index (χ4n) is 2.66. The van der Waals surface area contributed by atoms with Crippen LogP contribution in [-0.4, -0.2) is 43.7 Å². The van der Waals surface area contributed by atoms with E-state index in [0.29, 0.717) is 25.7 Å². The predicted octanol–water partition coefficient (Wildman–Crippen LogP) is 1.28. The topological polar surface area (TPSA) is 64.8 Å². The summed E-state index contributed by atoms with van der Waals surface area (Å²) in [5.41, 5.74) is 6.58. The molecular weight excluding hydrogens is 268 g/mol. The minimum Gasteiger partial charge on any atom is -0.486 e. The number of likely N-dealkylation sites (tertiary alicyclic amines) is 1. The summed E-state index contributed by atoms with van der Waals surface area (Å²) in [4.78, 5) is 14.0. The van der Waals surface area contributed by atoms with Crippen LogP contribution in [0.3, 0.4) is 0 Å². The Bertz CT molecular complexity index is 556. The maximum atomic E-state index is 12.1. The lowest BCUT2D eigenvalue weighted by Gasteiger charge is -2.18. The van der Waals surface area contributed by atoms with Crippen molar-refractivity contribution in [3.63, 3.8) is 0 Å². The Hall–Kier alpha value is -2.01. The van der Waals surface area contributed by atoms with Gasteiger partial charge in [-0.3, -0.25) is 4.79 Å². The number of nitrogens with zero attached hydrogens (tertiary/aromatic N) is 1. The second kappa shape index (κ2) is 6.18. The van der Waals surface area contributed by atoms with E-state index in [0.717, 1.165) is 36.6 Å². The summed E-state index contributed by atoms with van der Waals surface area (Å²) >= 11 is 0. The molecule has 0 saturated carbocycles. The lowest BCUT2D eigenvalue weighted by molar-refractivity contribution is -0.125. The summed E-state index contributed by atoms with van der Waals surface area (Å²) in [5.74, 6) is 1.98. The number of benzene rings is 1. The summed E-state index contributed by atoms with van der Waals surface area (Å²) in [7, 11) is 0. The zero-order valence-electron chi connectivity index (χ0n) is 12.0. The molecule has 0 bridgehead atoms. The van der Waals surface area contributed by atoms with Gasteiger partial charge in [-0.15, -0.1) is 0 Å². The van der Waals surface area contributed by atoms with Gasteiger partial charge in [-0.1, -0.05) is 6.07 Å². The maximum absolute atomic E-state index is 12.1. The monoisotopic (exact) mass is 288 g/mol. The fraction of sp³-hybridized carbons (Fsp3) is 0.438. The Morgan fingerprint density at radius 3 is 2.90 bits per heavy atom. The summed E-state index contributed by atoms with van der Waals surface area (Å²) in [6.45, 7) is 3.36. The number of hydrogen-bond donors (Lipinski definition) is 1. The van der Waals surface area contributed by atoms with Gasteiger partial charge in [0.05, 0.1) is 0 Å². The summed E-state index contributed by atoms with van der Waals surface area (Å²) in [6, 6.07) is 5.69. The Balaban J connectivity index is 1.64. The fourth-order valence-corrected chi connectivity index (χ4v) is 2.66. The SMILES string of the molecule is NCC1CCN(C(=O)C=Cc2ccc3c(c2)OCCO3)C1. The third kappa shape index (κ3) is 3.19. The highest BCUT2D eigenvalue weighted by molar-refractivity contribution is 5.92. The molecule has 1 aromatic rings. The van der Waals surface area contributed by atoms with Crippen LogP contribution in [0.25, 0.3) is 6.08 Å². The number of carbonyl (C=O) groups is 1. The average molecular weight is 288 g/mol. The molecule has 112 valence electrons. The van der Waals surface area contributed by atoms with Gasteiger partial charge in [0.25, 0.3) is 0 Å². The Morgan fingerprint density at radius 1 is 1.33 bits per heavy atom. The van der Waals surface area contributed by atoms with E-state index in [4.69, 9.17) is 15.2 Å². The van der Waals surface area contributed by atoms with Crippen LogP contribution in [0.15, 0.2) is 24.3 Å². The molecule has 0 aromatic heterocycles. The summed E-state index contributed by atoms with van der Waals surface area (Å²) in [6.07, 6.45) is 4.43. The van der Waals surface area contributed by atoms with Gasteiger partial charge in [0.15, 0.2) is 11.5 Å². The number of ether oxygens (including phenoxy) is 2. The van der Waals surface area contributed by atoms with Gasteiger partial charge in [0, 0.05) is 19.2 Å². The molecule has 1 fully saturated rings. The molecule has 1 saturated heterocycles. The number of rotatable bonds is 3. The predicted molar refractivity (Wildman–Crippen MR) is 80.2 cm³/mol. The first-order valence-corrected chi connectivity index (χ1v) is 7.33. The first kappa shape index (κ1) is 13.9. The smallest absolute Gasteiger partial charge is 0.246 e. The van der Waals surface area contributed by atoms with E-state index in [2.05, 4.69) is 0 Å². The molecule has 0 radical (unpaired) electrons. The first-order chi connectivity index (χ1) is 10.3. The van der Waals surface area contributed by atoms with Gasteiger partial charge in [-0.2, -0.15) is 0 Å². The third-order valence-electron chi connectivity index (χ3n) is 3.92. The molecule has 1 amide bonds. The number of carbonyl (C=O) groups excluding carboxylic acids is 1. The lowest BCUT2D eigenvalue weighted by Crippen LogP contribution is -2.28. The van der Waals surface area contributed by atoms with E-state index < -0.39 is 0 Å². The molecule has 2 N–H and O–H groups in total. The van der Waals surface area contributed by atoms with Gasteiger partial charge in [0.2, 0.25) is 5.91 Å². The second-order valence-corrected chi connectivity index (χ2v) is 5.41. The largest absolute Gasteiger partial charge is 0.486 e. The number of hydrogen-bond acceptors (Lipinski definition) is 4. The number of amides is 1. The van der Waals surface area contributed by atoms with E-state index >= 15 is 0 Å². The molecule has 1 atom stereocenters. The molecule has 5 nitrogen and oxygen atoms in total. The standard InChI is InChI=1S/C16H20N2O3/c17-10-13-5-6-18(11-13)16(19)4-2-12-1-3-14-15(9-12)21-8-7-20-14/h1-4,9,13H,5-8,10-11,17H2. The van der Waals surface area contributed by atoms with Crippen LogP contribution in [0.1, 0.15) is 12.0 Å². The van der Waals surface area contributed by atoms with Crippen molar-refractivity contribution in [2.75, 3.05) is 32.8 Å². The van der Waals surface area contributed by atoms with Crippen molar-refractivity contribution >= 4 is 12.0 Å². The maximum Gasteiger partial charge on any atom is 0.246 e. The second-order valence-electron chi connectivity index (χ2n) is 5.41. The van der Waals surface area contributed by atoms with Crippen LogP contribution >= 0.6 is 0 Å². The molecule has 0 aliphatic carbocycles. The van der Waals surface area contributed by atoms with Crippen molar-refractivity contribution < 1.29 is 14.3 Å². The molecule has 2 aliphatic rings. The summed E-state index contributed by atoms with van der Waals surface area (Å²) < 4.78 is 11.0. The quantitative estimate of drug-likeness (QED) is 0.851. The minimum absolute atomic E-state index is 0.0424. The van der Waals surface area contributed by atoms with Gasteiger partial charge < -0.3 is 20.1 Å². The van der Waals surface area contributed by atoms with Crippen molar-refractivity contribution in [3.05, 3.63) is 29.8 Å². The van der Waals surface area contributed by atoms with Gasteiger partial charge in [-0.05, 0) is 42.7 Å². The van der Waals surface area contributed by atoms with Crippen LogP contribution < -0.4 is 15.2 Å². The molecule has 2 heterocycles. The average Bonchev–Trinajstić information content (AvgIpc) is 3.01. The van der Waals surface area contributed by atoms with Crippen molar-refractivity contribution in [2.45, 2.75) is 6.42 Å². The van der Waals surface area contributed by atoms with Gasteiger partial charge >= 0.3 is 0 Å². The lowest BCUT2D eigenvalue weighted by atomic mass is 10.1. The minimum atomic E-state index is 0.0424. The van der Waals surface area contributed by atoms with Crippen molar-refractivity contribution in [3.8, 4) is 11.5 Å². The molecule has 1 unspecified atom stereocenters. The molecule has 21 heavy (non-hydrogen) atoms. The van der Waals surface area contributed by atoms with Gasteiger partial charge in [-0.25, -0.2) is 0 Å². The van der Waals surface area contributed by atoms with Gasteiger partial charge in [0.1, 0.15) is 13.2 Å². The van der Waals surface area contributed by atoms with E-state index in [1.807, 2.05) is 29.2 Å². The zero-order chi connectivity index (χ0) is 14.7. The van der Waals surface area contributed by atoms with E-state index in [1.54, 1.807) is 6.08 Å². The molecule has 3 rings (SSSR count). The highest BCUT2D eigenvalue weighted by Crippen LogP contribution is 2.31.